The van der Waals surface area contributed by atoms with Gasteiger partial charge in [-0.2, -0.15) is 0 Å². The van der Waals surface area contributed by atoms with Crippen molar-refractivity contribution in [2.45, 2.75) is 0 Å². The quantitative estimate of drug-likeness (QED) is 0.184. The third-order valence-corrected chi connectivity index (χ3v) is 7.29. The standard InChI is InChI=1S/C44H28O/c1-3-12-29(13-4-1)31-22-24-32(25-23-31)42-34-16-7-9-18-36(34)43(37-19-10-8-17-35(37)42)39-20-11-21-40-44(39)38-27-26-33(28-41(38)45-40)30-14-5-2-6-15-30/h1-28H/i1D,2D,3D,4D,5D,6D,7D,8D,9D,10D,12D,13D,14D,15D,16D,17D,18D,19D,22D,23D,24D,25D,26D,27D,28D. The van der Waals surface area contributed by atoms with E-state index in [0.717, 1.165) is 0 Å². The highest BCUT2D eigenvalue weighted by Crippen LogP contribution is 2.47. The molecule has 0 unspecified atom stereocenters. The molecule has 0 bridgehead atoms. The molecule has 0 saturated heterocycles. The van der Waals surface area contributed by atoms with E-state index in [4.69, 9.17) is 25.0 Å². The van der Waals surface area contributed by atoms with Crippen molar-refractivity contribution < 1.29 is 38.7 Å². The average Bonchev–Trinajstić information content (AvgIpc) is 3.74. The summed E-state index contributed by atoms with van der Waals surface area (Å²) in [5.74, 6) is 0. The van der Waals surface area contributed by atoms with E-state index >= 15 is 0 Å². The summed E-state index contributed by atoms with van der Waals surface area (Å²) < 4.78 is 227. The van der Waals surface area contributed by atoms with Gasteiger partial charge in [-0.1, -0.05) is 151 Å². The maximum atomic E-state index is 9.43. The van der Waals surface area contributed by atoms with Crippen LogP contribution in [0, 0.1) is 0 Å². The molecule has 9 aromatic rings. The lowest BCUT2D eigenvalue weighted by molar-refractivity contribution is 0.669. The number of benzene rings is 8. The normalized spacial score (nSPS) is 19.3. The molecule has 210 valence electrons. The fourth-order valence-electron chi connectivity index (χ4n) is 5.42. The fourth-order valence-corrected chi connectivity index (χ4v) is 5.42. The summed E-state index contributed by atoms with van der Waals surface area (Å²) in [4.78, 5) is 0. The summed E-state index contributed by atoms with van der Waals surface area (Å²) in [5.41, 5.74) is -4.95. The maximum absolute atomic E-state index is 9.43. The van der Waals surface area contributed by atoms with Crippen molar-refractivity contribution in [3.63, 3.8) is 0 Å². The van der Waals surface area contributed by atoms with E-state index in [9.17, 15) is 13.7 Å². The summed E-state index contributed by atoms with van der Waals surface area (Å²) in [5, 5.41) is -2.54. The van der Waals surface area contributed by atoms with Crippen LogP contribution in [0.2, 0.25) is 0 Å². The van der Waals surface area contributed by atoms with Gasteiger partial charge in [0.05, 0.1) is 34.3 Å². The van der Waals surface area contributed by atoms with Gasteiger partial charge in [0.25, 0.3) is 0 Å². The van der Waals surface area contributed by atoms with Crippen LogP contribution in [-0.2, 0) is 0 Å². The van der Waals surface area contributed by atoms with Gasteiger partial charge >= 0.3 is 0 Å². The van der Waals surface area contributed by atoms with Crippen LogP contribution >= 0.6 is 0 Å². The van der Waals surface area contributed by atoms with E-state index in [2.05, 4.69) is 0 Å². The molecule has 1 heteroatoms. The second-order valence-electron chi connectivity index (χ2n) is 9.73. The van der Waals surface area contributed by atoms with Gasteiger partial charge in [0.15, 0.2) is 0 Å². The van der Waals surface area contributed by atoms with E-state index < -0.39 is 212 Å². The van der Waals surface area contributed by atoms with Crippen LogP contribution in [0.4, 0.5) is 0 Å². The first kappa shape index (κ1) is 10.9. The molecule has 1 aromatic heterocycles. The molecule has 0 radical (unpaired) electrons. The monoisotopic (exact) mass is 597 g/mol. The summed E-state index contributed by atoms with van der Waals surface area (Å²) in [6.07, 6.45) is 0. The molecular weight excluding hydrogens is 544 g/mol. The molecule has 1 heterocycles. The van der Waals surface area contributed by atoms with Gasteiger partial charge in [-0.25, -0.2) is 0 Å². The van der Waals surface area contributed by atoms with Crippen LogP contribution in [0.3, 0.4) is 0 Å². The Morgan fingerprint density at radius 1 is 0.378 bits per heavy atom. The van der Waals surface area contributed by atoms with Crippen LogP contribution in [0.25, 0.3) is 88.0 Å². The van der Waals surface area contributed by atoms with Crippen molar-refractivity contribution in [2.24, 2.45) is 0 Å². The zero-order chi connectivity index (χ0) is 51.5. The SMILES string of the molecule is [2H]c1c([2H])c([2H])c(-c2c([2H])c([2H])c(-c3c4c([2H])c([2H])c([2H])c([2H])c4c(-c4cccc5oc6c([2H])c(-c7c([2H])c([2H])c([2H])c([2H])c7[2H])c([2H])c([2H])c6c45)c4c([2H])c([2H])c([2H])c([2H])c34)c([2H])c2[2H])c([2H])c1[2H]. The van der Waals surface area contributed by atoms with Crippen molar-refractivity contribution in [3.8, 4) is 44.5 Å². The number of rotatable bonds is 4. The maximum Gasteiger partial charge on any atom is 0.136 e. The van der Waals surface area contributed by atoms with E-state index in [0.29, 0.717) is 0 Å². The molecular formula is C44H28O. The number of hydrogen-bond acceptors (Lipinski definition) is 1. The van der Waals surface area contributed by atoms with E-state index in [1.165, 1.54) is 18.2 Å². The molecule has 0 aliphatic heterocycles. The van der Waals surface area contributed by atoms with Crippen molar-refractivity contribution in [1.29, 1.82) is 0 Å². The summed E-state index contributed by atoms with van der Waals surface area (Å²) in [6, 6.07) is -16.9. The van der Waals surface area contributed by atoms with Gasteiger partial charge in [-0.05, 0) is 84.2 Å². The minimum Gasteiger partial charge on any atom is -0.456 e. The van der Waals surface area contributed by atoms with Crippen molar-refractivity contribution in [1.82, 2.24) is 0 Å². The Morgan fingerprint density at radius 2 is 0.867 bits per heavy atom. The number of furan rings is 1. The van der Waals surface area contributed by atoms with Gasteiger partial charge in [0.1, 0.15) is 11.2 Å². The zero-order valence-corrected chi connectivity index (χ0v) is 22.6. The average molecular weight is 598 g/mol. The predicted octanol–water partition coefficient (Wildman–Crippen LogP) is 12.6. The fraction of sp³-hybridized carbons (Fsp3) is 0. The van der Waals surface area contributed by atoms with Gasteiger partial charge in [-0.15, -0.1) is 0 Å². The molecule has 0 spiro atoms. The first-order chi connectivity index (χ1) is 32.7. The molecule has 1 nitrogen and oxygen atoms in total. The Morgan fingerprint density at radius 3 is 1.49 bits per heavy atom. The highest BCUT2D eigenvalue weighted by atomic mass is 16.3. The molecule has 45 heavy (non-hydrogen) atoms. The first-order valence-corrected chi connectivity index (χ1v) is 13.4. The Bertz CT molecular complexity index is 3780. The zero-order valence-electron chi connectivity index (χ0n) is 47.6. The molecule has 0 N–H and O–H groups in total. The van der Waals surface area contributed by atoms with E-state index in [1.54, 1.807) is 0 Å². The molecule has 0 amide bonds. The van der Waals surface area contributed by atoms with Gasteiger partial charge in [-0.3, -0.25) is 0 Å². The third kappa shape index (κ3) is 4.17. The smallest absolute Gasteiger partial charge is 0.136 e. The van der Waals surface area contributed by atoms with E-state index in [-0.39, 0.29) is 27.5 Å². The largest absolute Gasteiger partial charge is 0.456 e. The Kier molecular flexibility index (Phi) is 2.51. The summed E-state index contributed by atoms with van der Waals surface area (Å²) in [6.45, 7) is 0. The second-order valence-corrected chi connectivity index (χ2v) is 9.73. The second kappa shape index (κ2) is 10.4. The van der Waals surface area contributed by atoms with Gasteiger partial charge < -0.3 is 4.42 Å². The molecule has 0 saturated carbocycles. The molecule has 0 aliphatic rings. The lowest BCUT2D eigenvalue weighted by Gasteiger charge is -2.18. The molecule has 0 aliphatic carbocycles. The summed E-state index contributed by atoms with van der Waals surface area (Å²) >= 11 is 0. The van der Waals surface area contributed by atoms with E-state index in [1.807, 2.05) is 0 Å². The molecule has 0 atom stereocenters. The van der Waals surface area contributed by atoms with Crippen LogP contribution in [0.1, 0.15) is 34.3 Å². The third-order valence-electron chi connectivity index (χ3n) is 7.29. The lowest BCUT2D eigenvalue weighted by Crippen LogP contribution is -1.91. The number of hydrogen-bond donors (Lipinski definition) is 0. The minimum absolute atomic E-state index is 0.125. The number of fused-ring (bicyclic) bond motifs is 5. The van der Waals surface area contributed by atoms with Crippen molar-refractivity contribution in [2.75, 3.05) is 0 Å². The van der Waals surface area contributed by atoms with Crippen molar-refractivity contribution >= 4 is 43.5 Å². The van der Waals surface area contributed by atoms with Gasteiger partial charge in [0, 0.05) is 10.8 Å². The topological polar surface area (TPSA) is 13.1 Å². The molecule has 8 aromatic carbocycles. The highest BCUT2D eigenvalue weighted by Gasteiger charge is 2.20. The predicted molar refractivity (Wildman–Crippen MR) is 190 cm³/mol. The molecule has 9 rings (SSSR count). The Hall–Kier alpha value is -5.92. The minimum atomic E-state index is -0.986. The summed E-state index contributed by atoms with van der Waals surface area (Å²) in [7, 11) is 0. The first-order valence-electron chi connectivity index (χ1n) is 25.9. The van der Waals surface area contributed by atoms with Crippen molar-refractivity contribution in [3.05, 3.63) is 169 Å². The van der Waals surface area contributed by atoms with Gasteiger partial charge in [0.2, 0.25) is 0 Å². The lowest BCUT2D eigenvalue weighted by atomic mass is 9.84. The van der Waals surface area contributed by atoms with Crippen LogP contribution < -0.4 is 0 Å². The highest BCUT2D eigenvalue weighted by molar-refractivity contribution is 6.25. The molecule has 0 fully saturated rings. The Labute approximate surface area is 296 Å². The Balaban J connectivity index is 1.52. The van der Waals surface area contributed by atoms with Crippen LogP contribution in [0.5, 0.6) is 0 Å². The van der Waals surface area contributed by atoms with Crippen LogP contribution in [-0.4, -0.2) is 0 Å². The van der Waals surface area contributed by atoms with Crippen LogP contribution in [0.15, 0.2) is 174 Å².